The molecule has 178 valence electrons. The second-order valence-corrected chi connectivity index (χ2v) is 11.6. The van der Waals surface area contributed by atoms with E-state index in [1.807, 2.05) is 55.5 Å². The van der Waals surface area contributed by atoms with E-state index in [0.29, 0.717) is 15.6 Å². The molecule has 6 nitrogen and oxygen atoms in total. The Morgan fingerprint density at radius 1 is 1.14 bits per heavy atom. The highest BCUT2D eigenvalue weighted by molar-refractivity contribution is 7.99. The highest BCUT2D eigenvalue weighted by atomic mass is 32.2. The summed E-state index contributed by atoms with van der Waals surface area (Å²) in [4.78, 5) is 25.3. The van der Waals surface area contributed by atoms with Crippen molar-refractivity contribution in [2.75, 3.05) is 5.75 Å². The molecule has 0 fully saturated rings. The van der Waals surface area contributed by atoms with Crippen LogP contribution in [0.25, 0.3) is 31.7 Å². The molecule has 0 atom stereocenters. The van der Waals surface area contributed by atoms with Gasteiger partial charge in [-0.3, -0.25) is 9.36 Å². The van der Waals surface area contributed by atoms with Gasteiger partial charge in [-0.05, 0) is 55.5 Å². The molecule has 6 rings (SSSR count). The summed E-state index contributed by atoms with van der Waals surface area (Å²) in [6, 6.07) is 17.5. The molecular weight excluding hydrogens is 509 g/mol. The van der Waals surface area contributed by atoms with Crippen LogP contribution in [0, 0.1) is 18.3 Å². The van der Waals surface area contributed by atoms with Crippen LogP contribution in [0.4, 0.5) is 0 Å². The van der Waals surface area contributed by atoms with Crippen LogP contribution in [0.1, 0.15) is 27.4 Å². The van der Waals surface area contributed by atoms with Gasteiger partial charge in [-0.2, -0.15) is 5.26 Å². The largest absolute Gasteiger partial charge is 0.510 e. The fraction of sp³-hybridized carbons (Fsp3) is 0.185. The number of thiophene rings is 1. The topological polar surface area (TPSA) is 91.8 Å². The zero-order chi connectivity index (χ0) is 24.8. The maximum absolute atomic E-state index is 13.9. The van der Waals surface area contributed by atoms with Gasteiger partial charge in [-0.25, -0.2) is 9.97 Å². The second kappa shape index (κ2) is 9.21. The molecule has 0 spiro atoms. The summed E-state index contributed by atoms with van der Waals surface area (Å²) in [5, 5.41) is 22.4. The van der Waals surface area contributed by atoms with E-state index in [1.165, 1.54) is 28.0 Å². The predicted molar refractivity (Wildman–Crippen MR) is 147 cm³/mol. The molecule has 5 aromatic rings. The molecule has 9 heteroatoms. The maximum atomic E-state index is 13.9. The van der Waals surface area contributed by atoms with E-state index < -0.39 is 0 Å². The minimum absolute atomic E-state index is 0.0775. The lowest BCUT2D eigenvalue weighted by Crippen LogP contribution is -2.22. The van der Waals surface area contributed by atoms with Gasteiger partial charge in [-0.1, -0.05) is 42.1 Å². The van der Waals surface area contributed by atoms with Crippen molar-refractivity contribution in [3.63, 3.8) is 0 Å². The third kappa shape index (κ3) is 3.82. The number of hydrogen-bond donors (Lipinski definition) is 1. The number of aliphatic hydroxyl groups is 1. The van der Waals surface area contributed by atoms with E-state index in [9.17, 15) is 15.2 Å². The van der Waals surface area contributed by atoms with Gasteiger partial charge >= 0.3 is 0 Å². The molecule has 1 N–H and O–H groups in total. The summed E-state index contributed by atoms with van der Waals surface area (Å²) >= 11 is 4.21. The Balaban J connectivity index is 1.44. The molecule has 1 aliphatic rings. The molecule has 3 heterocycles. The van der Waals surface area contributed by atoms with Crippen LogP contribution in [0.2, 0.25) is 0 Å². The standard InChI is InChI=1S/C27H20N4O2S3/c1-15-7-2-4-10-19(15)31-26(33)23-16-8-6-12-21(16)35-25(23)30-27(31)34-14-20(32)17(13-28)24-29-18-9-3-5-11-22(18)36-24/h2-5,7,9-11,32H,6,8,12,14H2,1H3. The van der Waals surface area contributed by atoms with Crippen molar-refractivity contribution >= 4 is 60.4 Å². The quantitative estimate of drug-likeness (QED) is 0.122. The third-order valence-electron chi connectivity index (χ3n) is 6.31. The summed E-state index contributed by atoms with van der Waals surface area (Å²) in [5.74, 6) is 0.00852. The van der Waals surface area contributed by atoms with Crippen LogP contribution >= 0.6 is 34.4 Å². The molecule has 0 bridgehead atoms. The van der Waals surface area contributed by atoms with Crippen molar-refractivity contribution in [2.45, 2.75) is 31.3 Å². The zero-order valence-corrected chi connectivity index (χ0v) is 21.8. The lowest BCUT2D eigenvalue weighted by molar-refractivity contribution is 0.420. The van der Waals surface area contributed by atoms with Crippen molar-refractivity contribution < 1.29 is 5.11 Å². The molecule has 0 saturated heterocycles. The van der Waals surface area contributed by atoms with Crippen molar-refractivity contribution in [1.82, 2.24) is 14.5 Å². The Kier molecular flexibility index (Phi) is 5.88. The van der Waals surface area contributed by atoms with Crippen molar-refractivity contribution in [3.05, 3.63) is 85.7 Å². The number of thiazole rings is 1. The number of allylic oxidation sites excluding steroid dienone is 1. The predicted octanol–water partition coefficient (Wildman–Crippen LogP) is 6.44. The van der Waals surface area contributed by atoms with E-state index in [4.69, 9.17) is 4.98 Å². The first kappa shape index (κ1) is 23.0. The number of fused-ring (bicyclic) bond motifs is 4. The van der Waals surface area contributed by atoms with Crippen LogP contribution in [-0.4, -0.2) is 25.4 Å². The first-order valence-electron chi connectivity index (χ1n) is 11.5. The number of para-hydroxylation sites is 2. The normalized spacial score (nSPS) is 13.7. The molecule has 0 unspecified atom stereocenters. The Bertz CT molecular complexity index is 1760. The van der Waals surface area contributed by atoms with Crippen LogP contribution in [-0.2, 0) is 12.8 Å². The fourth-order valence-corrected chi connectivity index (χ4v) is 7.74. The molecule has 3 aromatic heterocycles. The van der Waals surface area contributed by atoms with Gasteiger partial charge in [0.05, 0.1) is 27.0 Å². The average molecular weight is 529 g/mol. The first-order chi connectivity index (χ1) is 17.5. The van der Waals surface area contributed by atoms with E-state index in [2.05, 4.69) is 11.1 Å². The van der Waals surface area contributed by atoms with E-state index in [0.717, 1.165) is 51.1 Å². The number of nitriles is 1. The molecular formula is C27H20N4O2S3. The number of aromatic nitrogens is 3. The summed E-state index contributed by atoms with van der Waals surface area (Å²) in [6.07, 6.45) is 2.96. The third-order valence-corrected chi connectivity index (χ3v) is 9.50. The minimum Gasteiger partial charge on any atom is -0.510 e. The van der Waals surface area contributed by atoms with Crippen LogP contribution in [0.5, 0.6) is 0 Å². The number of rotatable bonds is 5. The van der Waals surface area contributed by atoms with Gasteiger partial charge in [0.1, 0.15) is 27.2 Å². The lowest BCUT2D eigenvalue weighted by atomic mass is 10.2. The van der Waals surface area contributed by atoms with Gasteiger partial charge < -0.3 is 5.11 Å². The Hall–Kier alpha value is -3.45. The average Bonchev–Trinajstić information content (AvgIpc) is 3.58. The van der Waals surface area contributed by atoms with Gasteiger partial charge in [0, 0.05) is 4.88 Å². The number of aliphatic hydroxyl groups excluding tert-OH is 1. The summed E-state index contributed by atoms with van der Waals surface area (Å²) in [5.41, 5.74) is 3.72. The minimum atomic E-state index is -0.0825. The number of thioether (sulfide) groups is 1. The van der Waals surface area contributed by atoms with Gasteiger partial charge in [-0.15, -0.1) is 22.7 Å². The van der Waals surface area contributed by atoms with Crippen molar-refractivity contribution in [2.24, 2.45) is 0 Å². The fourth-order valence-electron chi connectivity index (χ4n) is 4.57. The lowest BCUT2D eigenvalue weighted by Gasteiger charge is -2.14. The number of benzene rings is 2. The molecule has 0 saturated carbocycles. The van der Waals surface area contributed by atoms with Gasteiger partial charge in [0.15, 0.2) is 5.16 Å². The summed E-state index contributed by atoms with van der Waals surface area (Å²) < 4.78 is 2.61. The van der Waals surface area contributed by atoms with Crippen LogP contribution < -0.4 is 5.56 Å². The summed E-state index contributed by atoms with van der Waals surface area (Å²) in [6.45, 7) is 1.97. The van der Waals surface area contributed by atoms with Crippen LogP contribution in [0.3, 0.4) is 0 Å². The Labute approximate surface area is 219 Å². The van der Waals surface area contributed by atoms with Crippen molar-refractivity contribution in [1.29, 1.82) is 5.26 Å². The summed E-state index contributed by atoms with van der Waals surface area (Å²) in [7, 11) is 0. The molecule has 0 aliphatic heterocycles. The van der Waals surface area contributed by atoms with E-state index in [-0.39, 0.29) is 22.6 Å². The molecule has 0 radical (unpaired) electrons. The highest BCUT2D eigenvalue weighted by Crippen LogP contribution is 2.37. The molecule has 36 heavy (non-hydrogen) atoms. The highest BCUT2D eigenvalue weighted by Gasteiger charge is 2.25. The second-order valence-electron chi connectivity index (χ2n) is 8.57. The molecule has 2 aromatic carbocycles. The smallest absolute Gasteiger partial charge is 0.267 e. The van der Waals surface area contributed by atoms with E-state index >= 15 is 0 Å². The maximum Gasteiger partial charge on any atom is 0.267 e. The number of nitrogens with zero attached hydrogens (tertiary/aromatic N) is 4. The van der Waals surface area contributed by atoms with Gasteiger partial charge in [0.2, 0.25) is 0 Å². The monoisotopic (exact) mass is 528 g/mol. The number of aryl methyl sites for hydroxylation is 3. The van der Waals surface area contributed by atoms with Crippen LogP contribution in [0.15, 0.2) is 64.2 Å². The van der Waals surface area contributed by atoms with Gasteiger partial charge in [0.25, 0.3) is 5.56 Å². The molecule has 0 amide bonds. The SMILES string of the molecule is Cc1ccccc1-n1c(SCC(O)=C(C#N)c2nc3ccccc3s2)nc2sc3c(c2c1=O)CCC3. The zero-order valence-electron chi connectivity index (χ0n) is 19.3. The molecule has 1 aliphatic carbocycles. The first-order valence-corrected chi connectivity index (χ1v) is 14.1. The number of hydrogen-bond acceptors (Lipinski definition) is 8. The van der Waals surface area contributed by atoms with E-state index in [1.54, 1.807) is 15.9 Å². The van der Waals surface area contributed by atoms with Crippen molar-refractivity contribution in [3.8, 4) is 11.8 Å². The Morgan fingerprint density at radius 3 is 2.75 bits per heavy atom. The Morgan fingerprint density at radius 2 is 1.94 bits per heavy atom.